The maximum Gasteiger partial charge on any atom is 0.305 e. The van der Waals surface area contributed by atoms with Gasteiger partial charge in [0.1, 0.15) is 0 Å². The number of likely N-dealkylation sites (tertiary alicyclic amines) is 1. The number of ether oxygens (including phenoxy) is 1. The van der Waals surface area contributed by atoms with Crippen molar-refractivity contribution in [2.24, 2.45) is 0 Å². The third-order valence-electron chi connectivity index (χ3n) is 3.73. The number of rotatable bonds is 8. The number of piperidine rings is 1. The van der Waals surface area contributed by atoms with Crippen LogP contribution in [0.1, 0.15) is 52.4 Å². The molecule has 0 aromatic rings. The molecule has 5 heteroatoms. The van der Waals surface area contributed by atoms with E-state index in [4.69, 9.17) is 4.74 Å². The number of hydrogen-bond donors (Lipinski definition) is 1. The Morgan fingerprint density at radius 1 is 1.30 bits per heavy atom. The van der Waals surface area contributed by atoms with Gasteiger partial charge in [0.25, 0.3) is 0 Å². The van der Waals surface area contributed by atoms with Crippen LogP contribution in [0.5, 0.6) is 0 Å². The van der Waals surface area contributed by atoms with Crippen LogP contribution < -0.4 is 5.32 Å². The summed E-state index contributed by atoms with van der Waals surface area (Å²) in [5.41, 5.74) is 0. The first-order valence-electron chi connectivity index (χ1n) is 7.84. The average molecular weight is 284 g/mol. The number of nitrogens with one attached hydrogen (secondary N) is 1. The largest absolute Gasteiger partial charge is 0.466 e. The van der Waals surface area contributed by atoms with Crippen LogP contribution >= 0.6 is 0 Å². The monoisotopic (exact) mass is 284 g/mol. The molecule has 0 bridgehead atoms. The molecule has 1 aliphatic heterocycles. The van der Waals surface area contributed by atoms with Crippen molar-refractivity contribution in [3.05, 3.63) is 0 Å². The predicted octanol–water partition coefficient (Wildman–Crippen LogP) is 1.71. The molecule has 1 aliphatic rings. The van der Waals surface area contributed by atoms with Gasteiger partial charge in [0.15, 0.2) is 0 Å². The van der Waals surface area contributed by atoms with Crippen molar-refractivity contribution in [2.45, 2.75) is 58.4 Å². The molecule has 0 aliphatic carbocycles. The van der Waals surface area contributed by atoms with Crippen molar-refractivity contribution in [3.63, 3.8) is 0 Å². The smallest absolute Gasteiger partial charge is 0.305 e. The molecule has 116 valence electrons. The Balaban J connectivity index is 2.14. The molecular formula is C15H28N2O3. The zero-order valence-electron chi connectivity index (χ0n) is 12.8. The van der Waals surface area contributed by atoms with Gasteiger partial charge in [-0.3, -0.25) is 9.59 Å². The van der Waals surface area contributed by atoms with E-state index in [1.165, 1.54) is 6.42 Å². The van der Waals surface area contributed by atoms with Crippen molar-refractivity contribution in [2.75, 3.05) is 26.2 Å². The third kappa shape index (κ3) is 5.90. The van der Waals surface area contributed by atoms with E-state index in [2.05, 4.69) is 12.2 Å². The summed E-state index contributed by atoms with van der Waals surface area (Å²) in [7, 11) is 0. The van der Waals surface area contributed by atoms with E-state index < -0.39 is 0 Å². The normalized spacial score (nSPS) is 18.9. The van der Waals surface area contributed by atoms with E-state index >= 15 is 0 Å². The lowest BCUT2D eigenvalue weighted by atomic mass is 10.00. The summed E-state index contributed by atoms with van der Waals surface area (Å²) >= 11 is 0. The van der Waals surface area contributed by atoms with E-state index in [1.54, 1.807) is 6.92 Å². The minimum atomic E-state index is -0.164. The minimum Gasteiger partial charge on any atom is -0.466 e. The molecule has 1 unspecified atom stereocenters. The van der Waals surface area contributed by atoms with Gasteiger partial charge in [-0.15, -0.1) is 0 Å². The summed E-state index contributed by atoms with van der Waals surface area (Å²) in [6.07, 6.45) is 5.64. The Morgan fingerprint density at radius 2 is 2.10 bits per heavy atom. The quantitative estimate of drug-likeness (QED) is 0.544. The molecule has 1 amide bonds. The highest BCUT2D eigenvalue weighted by Crippen LogP contribution is 2.19. The van der Waals surface area contributed by atoms with Crippen molar-refractivity contribution < 1.29 is 14.3 Å². The van der Waals surface area contributed by atoms with Gasteiger partial charge in [-0.05, 0) is 45.6 Å². The van der Waals surface area contributed by atoms with E-state index in [0.29, 0.717) is 38.6 Å². The summed E-state index contributed by atoms with van der Waals surface area (Å²) < 4.78 is 4.85. The lowest BCUT2D eigenvalue weighted by molar-refractivity contribution is -0.143. The molecule has 0 radical (unpaired) electrons. The molecule has 0 saturated carbocycles. The van der Waals surface area contributed by atoms with Crippen LogP contribution in [0.3, 0.4) is 0 Å². The topological polar surface area (TPSA) is 58.6 Å². The van der Waals surface area contributed by atoms with Crippen LogP contribution in [0.2, 0.25) is 0 Å². The Kier molecular flexibility index (Phi) is 8.26. The van der Waals surface area contributed by atoms with Gasteiger partial charge in [0.2, 0.25) is 5.91 Å². The van der Waals surface area contributed by atoms with E-state index in [-0.39, 0.29) is 11.9 Å². The molecule has 1 saturated heterocycles. The fourth-order valence-electron chi connectivity index (χ4n) is 2.64. The van der Waals surface area contributed by atoms with Gasteiger partial charge in [0, 0.05) is 19.0 Å². The highest BCUT2D eigenvalue weighted by atomic mass is 16.5. The molecule has 0 aromatic carbocycles. The van der Waals surface area contributed by atoms with Crippen LogP contribution in [-0.2, 0) is 14.3 Å². The van der Waals surface area contributed by atoms with Crippen LogP contribution in [-0.4, -0.2) is 49.1 Å². The molecule has 0 spiro atoms. The fraction of sp³-hybridized carbons (Fsp3) is 0.867. The van der Waals surface area contributed by atoms with Gasteiger partial charge < -0.3 is 15.0 Å². The lowest BCUT2D eigenvalue weighted by Crippen LogP contribution is -2.47. The summed E-state index contributed by atoms with van der Waals surface area (Å²) in [6, 6.07) is 0.414. The average Bonchev–Trinajstić information content (AvgIpc) is 2.47. The fourth-order valence-corrected chi connectivity index (χ4v) is 2.64. The van der Waals surface area contributed by atoms with Gasteiger partial charge in [-0.25, -0.2) is 0 Å². The molecule has 20 heavy (non-hydrogen) atoms. The zero-order valence-corrected chi connectivity index (χ0v) is 12.8. The summed E-state index contributed by atoms with van der Waals surface area (Å²) in [6.45, 7) is 6.31. The minimum absolute atomic E-state index is 0.164. The van der Waals surface area contributed by atoms with Gasteiger partial charge in [-0.2, -0.15) is 0 Å². The van der Waals surface area contributed by atoms with Crippen LogP contribution in [0.4, 0.5) is 0 Å². The first kappa shape index (κ1) is 17.0. The maximum atomic E-state index is 12.1. The van der Waals surface area contributed by atoms with Crippen LogP contribution in [0.25, 0.3) is 0 Å². The second-order valence-electron chi connectivity index (χ2n) is 5.23. The molecule has 0 aromatic heterocycles. The van der Waals surface area contributed by atoms with Crippen molar-refractivity contribution >= 4 is 11.9 Å². The lowest BCUT2D eigenvalue weighted by Gasteiger charge is -2.35. The molecule has 5 nitrogen and oxygen atoms in total. The second-order valence-corrected chi connectivity index (χ2v) is 5.23. The second kappa shape index (κ2) is 9.75. The Hall–Kier alpha value is -1.10. The number of hydrogen-bond acceptors (Lipinski definition) is 4. The van der Waals surface area contributed by atoms with Gasteiger partial charge in [-0.1, -0.05) is 6.92 Å². The molecule has 1 heterocycles. The van der Waals surface area contributed by atoms with Crippen LogP contribution in [0, 0.1) is 0 Å². The first-order valence-corrected chi connectivity index (χ1v) is 7.84. The molecule has 1 atom stereocenters. The molecular weight excluding hydrogens is 256 g/mol. The number of amides is 1. The predicted molar refractivity (Wildman–Crippen MR) is 78.4 cm³/mol. The number of nitrogens with zero attached hydrogens (tertiary/aromatic N) is 1. The highest BCUT2D eigenvalue weighted by Gasteiger charge is 2.24. The number of carbonyl (C=O) groups excluding carboxylic acids is 2. The molecule has 1 rings (SSSR count). The van der Waals surface area contributed by atoms with E-state index in [0.717, 1.165) is 25.8 Å². The molecule has 1 fully saturated rings. The van der Waals surface area contributed by atoms with Gasteiger partial charge in [0.05, 0.1) is 13.2 Å². The van der Waals surface area contributed by atoms with Crippen molar-refractivity contribution in [1.29, 1.82) is 0 Å². The Morgan fingerprint density at radius 3 is 2.80 bits per heavy atom. The van der Waals surface area contributed by atoms with E-state index in [1.807, 2.05) is 4.90 Å². The SMILES string of the molecule is CCOC(=O)CCCNCC(=O)N1CCCCC1CC. The summed E-state index contributed by atoms with van der Waals surface area (Å²) in [5.74, 6) is 0.0235. The van der Waals surface area contributed by atoms with Crippen molar-refractivity contribution in [1.82, 2.24) is 10.2 Å². The molecule has 1 N–H and O–H groups in total. The highest BCUT2D eigenvalue weighted by molar-refractivity contribution is 5.78. The zero-order chi connectivity index (χ0) is 14.8. The maximum absolute atomic E-state index is 12.1. The van der Waals surface area contributed by atoms with Crippen LogP contribution in [0.15, 0.2) is 0 Å². The number of carbonyl (C=O) groups is 2. The third-order valence-corrected chi connectivity index (χ3v) is 3.73. The summed E-state index contributed by atoms with van der Waals surface area (Å²) in [4.78, 5) is 25.3. The summed E-state index contributed by atoms with van der Waals surface area (Å²) in [5, 5.41) is 3.13. The van der Waals surface area contributed by atoms with Gasteiger partial charge >= 0.3 is 5.97 Å². The van der Waals surface area contributed by atoms with E-state index in [9.17, 15) is 9.59 Å². The standard InChI is InChI=1S/C15H28N2O3/c1-3-13-8-5-6-11-17(13)14(18)12-16-10-7-9-15(19)20-4-2/h13,16H,3-12H2,1-2H3. The first-order chi connectivity index (χ1) is 9.69. The Labute approximate surface area is 122 Å². The van der Waals surface area contributed by atoms with Crippen molar-refractivity contribution in [3.8, 4) is 0 Å². The number of esters is 1. The Bertz CT molecular complexity index is 307.